The monoisotopic (exact) mass is 260 g/mol. The van der Waals surface area contributed by atoms with E-state index in [9.17, 15) is 0 Å². The van der Waals surface area contributed by atoms with Crippen LogP contribution in [0.3, 0.4) is 0 Å². The Morgan fingerprint density at radius 2 is 1.63 bits per heavy atom. The number of benzene rings is 1. The standard InChI is InChI=1S/C17H28N2/c1-13-5-7-15(8-6-13)16(14(2)18)19-11-9-17(3,4)10-12-19/h5-8,14,16H,9-12,18H2,1-4H3. The summed E-state index contributed by atoms with van der Waals surface area (Å²) in [5.41, 5.74) is 9.43. The molecule has 0 aromatic heterocycles. The van der Waals surface area contributed by atoms with Crippen LogP contribution in [0.1, 0.15) is 50.8 Å². The van der Waals surface area contributed by atoms with Crippen LogP contribution < -0.4 is 5.73 Å². The van der Waals surface area contributed by atoms with Crippen molar-refractivity contribution in [1.82, 2.24) is 4.90 Å². The number of hydrogen-bond donors (Lipinski definition) is 1. The molecule has 2 nitrogen and oxygen atoms in total. The molecule has 0 saturated carbocycles. The van der Waals surface area contributed by atoms with Gasteiger partial charge in [-0.1, -0.05) is 43.7 Å². The number of nitrogens with two attached hydrogens (primary N) is 1. The molecule has 0 radical (unpaired) electrons. The van der Waals surface area contributed by atoms with E-state index in [0.717, 1.165) is 13.1 Å². The molecule has 1 heterocycles. The summed E-state index contributed by atoms with van der Waals surface area (Å²) in [4.78, 5) is 2.57. The van der Waals surface area contributed by atoms with Crippen LogP contribution >= 0.6 is 0 Å². The first-order valence-electron chi connectivity index (χ1n) is 7.45. The smallest absolute Gasteiger partial charge is 0.0496 e. The Balaban J connectivity index is 2.15. The van der Waals surface area contributed by atoms with Crippen LogP contribution in [0.15, 0.2) is 24.3 Å². The first-order chi connectivity index (χ1) is 8.89. The highest BCUT2D eigenvalue weighted by Gasteiger charge is 2.31. The largest absolute Gasteiger partial charge is 0.326 e. The summed E-state index contributed by atoms with van der Waals surface area (Å²) in [6.45, 7) is 11.3. The molecule has 2 rings (SSSR count). The van der Waals surface area contributed by atoms with Gasteiger partial charge in [-0.2, -0.15) is 0 Å². The third-order valence-electron chi connectivity index (χ3n) is 4.46. The average Bonchev–Trinajstić information content (AvgIpc) is 2.33. The molecule has 1 aliphatic heterocycles. The summed E-state index contributed by atoms with van der Waals surface area (Å²) >= 11 is 0. The lowest BCUT2D eigenvalue weighted by molar-refractivity contribution is 0.0842. The summed E-state index contributed by atoms with van der Waals surface area (Å²) in [5, 5.41) is 0. The highest BCUT2D eigenvalue weighted by molar-refractivity contribution is 5.25. The molecule has 2 unspecified atom stereocenters. The topological polar surface area (TPSA) is 29.3 Å². The van der Waals surface area contributed by atoms with Gasteiger partial charge in [0.25, 0.3) is 0 Å². The van der Waals surface area contributed by atoms with Crippen molar-refractivity contribution in [3.05, 3.63) is 35.4 Å². The normalized spacial score (nSPS) is 23.0. The highest BCUT2D eigenvalue weighted by Crippen LogP contribution is 2.34. The average molecular weight is 260 g/mol. The zero-order chi connectivity index (χ0) is 14.0. The molecular formula is C17H28N2. The summed E-state index contributed by atoms with van der Waals surface area (Å²) in [6, 6.07) is 9.39. The lowest BCUT2D eigenvalue weighted by Crippen LogP contribution is -2.45. The molecule has 1 aromatic rings. The van der Waals surface area contributed by atoms with Gasteiger partial charge in [0.05, 0.1) is 0 Å². The van der Waals surface area contributed by atoms with E-state index in [-0.39, 0.29) is 6.04 Å². The van der Waals surface area contributed by atoms with Gasteiger partial charge in [0.15, 0.2) is 0 Å². The predicted octanol–water partition coefficient (Wildman–Crippen LogP) is 3.51. The van der Waals surface area contributed by atoms with E-state index in [1.807, 2.05) is 0 Å². The van der Waals surface area contributed by atoms with Crippen LogP contribution in [0, 0.1) is 12.3 Å². The second-order valence-corrected chi connectivity index (χ2v) is 6.91. The molecule has 2 N–H and O–H groups in total. The van der Waals surface area contributed by atoms with Crippen molar-refractivity contribution < 1.29 is 0 Å². The third kappa shape index (κ3) is 3.58. The Morgan fingerprint density at radius 3 is 2.11 bits per heavy atom. The van der Waals surface area contributed by atoms with Crippen LogP contribution in [0.25, 0.3) is 0 Å². The first kappa shape index (κ1) is 14.5. The summed E-state index contributed by atoms with van der Waals surface area (Å²) in [6.07, 6.45) is 2.53. The lowest BCUT2D eigenvalue weighted by atomic mass is 9.81. The van der Waals surface area contributed by atoms with Crippen molar-refractivity contribution in [2.24, 2.45) is 11.1 Å². The van der Waals surface area contributed by atoms with Crippen LogP contribution in [-0.4, -0.2) is 24.0 Å². The van der Waals surface area contributed by atoms with Gasteiger partial charge in [0.1, 0.15) is 0 Å². The van der Waals surface area contributed by atoms with E-state index in [1.165, 1.54) is 24.0 Å². The molecule has 0 bridgehead atoms. The second kappa shape index (κ2) is 5.64. The Labute approximate surface area is 118 Å². The van der Waals surface area contributed by atoms with E-state index in [0.29, 0.717) is 11.5 Å². The first-order valence-corrected chi connectivity index (χ1v) is 7.45. The maximum Gasteiger partial charge on any atom is 0.0496 e. The molecule has 2 atom stereocenters. The SMILES string of the molecule is Cc1ccc(C(C(C)N)N2CCC(C)(C)CC2)cc1. The molecule has 0 amide bonds. The lowest BCUT2D eigenvalue weighted by Gasteiger charge is -2.42. The van der Waals surface area contributed by atoms with Crippen molar-refractivity contribution in [3.8, 4) is 0 Å². The minimum Gasteiger partial charge on any atom is -0.326 e. The van der Waals surface area contributed by atoms with Crippen LogP contribution in [0.2, 0.25) is 0 Å². The summed E-state index contributed by atoms with van der Waals surface area (Å²) < 4.78 is 0. The van der Waals surface area contributed by atoms with Gasteiger partial charge in [0.2, 0.25) is 0 Å². The van der Waals surface area contributed by atoms with Crippen molar-refractivity contribution in [2.45, 2.75) is 52.6 Å². The minimum absolute atomic E-state index is 0.170. The number of aryl methyl sites for hydroxylation is 1. The molecular weight excluding hydrogens is 232 g/mol. The Morgan fingerprint density at radius 1 is 1.11 bits per heavy atom. The fraction of sp³-hybridized carbons (Fsp3) is 0.647. The van der Waals surface area contributed by atoms with E-state index < -0.39 is 0 Å². The fourth-order valence-electron chi connectivity index (χ4n) is 3.02. The Kier molecular flexibility index (Phi) is 4.32. The number of rotatable bonds is 3. The third-order valence-corrected chi connectivity index (χ3v) is 4.46. The molecule has 0 spiro atoms. The molecule has 2 heteroatoms. The zero-order valence-electron chi connectivity index (χ0n) is 12.8. The predicted molar refractivity (Wildman–Crippen MR) is 82.2 cm³/mol. The zero-order valence-corrected chi connectivity index (χ0v) is 12.8. The summed E-state index contributed by atoms with van der Waals surface area (Å²) in [7, 11) is 0. The maximum atomic E-state index is 6.26. The van der Waals surface area contributed by atoms with E-state index in [1.54, 1.807) is 0 Å². The second-order valence-electron chi connectivity index (χ2n) is 6.91. The number of piperidine rings is 1. The number of hydrogen-bond acceptors (Lipinski definition) is 2. The van der Waals surface area contributed by atoms with E-state index >= 15 is 0 Å². The van der Waals surface area contributed by atoms with Crippen molar-refractivity contribution >= 4 is 0 Å². The number of nitrogens with zero attached hydrogens (tertiary/aromatic N) is 1. The molecule has 0 aliphatic carbocycles. The molecule has 1 fully saturated rings. The minimum atomic E-state index is 0.170. The number of likely N-dealkylation sites (tertiary alicyclic amines) is 1. The van der Waals surface area contributed by atoms with Crippen LogP contribution in [-0.2, 0) is 0 Å². The van der Waals surface area contributed by atoms with Gasteiger partial charge >= 0.3 is 0 Å². The van der Waals surface area contributed by atoms with Gasteiger partial charge < -0.3 is 5.73 Å². The van der Waals surface area contributed by atoms with Crippen LogP contribution in [0.5, 0.6) is 0 Å². The van der Waals surface area contributed by atoms with Gasteiger partial charge in [-0.3, -0.25) is 4.90 Å². The molecule has 1 saturated heterocycles. The molecule has 106 valence electrons. The quantitative estimate of drug-likeness (QED) is 0.901. The van der Waals surface area contributed by atoms with Crippen molar-refractivity contribution in [3.63, 3.8) is 0 Å². The van der Waals surface area contributed by atoms with Gasteiger partial charge in [-0.25, -0.2) is 0 Å². The summed E-state index contributed by atoms with van der Waals surface area (Å²) in [5.74, 6) is 0. The van der Waals surface area contributed by atoms with E-state index in [4.69, 9.17) is 5.73 Å². The van der Waals surface area contributed by atoms with E-state index in [2.05, 4.69) is 56.9 Å². The van der Waals surface area contributed by atoms with Crippen molar-refractivity contribution in [2.75, 3.05) is 13.1 Å². The maximum absolute atomic E-state index is 6.26. The molecule has 1 aliphatic rings. The fourth-order valence-corrected chi connectivity index (χ4v) is 3.02. The molecule has 19 heavy (non-hydrogen) atoms. The van der Waals surface area contributed by atoms with Gasteiger partial charge in [-0.15, -0.1) is 0 Å². The highest BCUT2D eigenvalue weighted by atomic mass is 15.2. The van der Waals surface area contributed by atoms with Crippen LogP contribution in [0.4, 0.5) is 0 Å². The Hall–Kier alpha value is -0.860. The van der Waals surface area contributed by atoms with Crippen molar-refractivity contribution in [1.29, 1.82) is 0 Å². The molecule has 1 aromatic carbocycles. The van der Waals surface area contributed by atoms with Gasteiger partial charge in [-0.05, 0) is 50.8 Å². The van der Waals surface area contributed by atoms with Gasteiger partial charge in [0, 0.05) is 12.1 Å². The Bertz CT molecular complexity index is 396.